The fourth-order valence-electron chi connectivity index (χ4n) is 1.06. The van der Waals surface area contributed by atoms with Crippen molar-refractivity contribution in [3.05, 3.63) is 0 Å². The first-order valence-electron chi connectivity index (χ1n) is 5.45. The fourth-order valence-corrected chi connectivity index (χ4v) is 1.06. The Kier molecular flexibility index (Phi) is 7.91. The van der Waals surface area contributed by atoms with E-state index < -0.39 is 17.8 Å². The lowest BCUT2D eigenvalue weighted by Crippen LogP contribution is -2.38. The molecular weight excluding hydrogens is 242 g/mol. The first-order chi connectivity index (χ1) is 8.41. The third-order valence-corrected chi connectivity index (χ3v) is 1.93. The maximum atomic E-state index is 11.2. The van der Waals surface area contributed by atoms with Gasteiger partial charge in [0.2, 0.25) is 17.7 Å². The van der Waals surface area contributed by atoms with Crippen molar-refractivity contribution in [3.8, 4) is 0 Å². The van der Waals surface area contributed by atoms with Crippen LogP contribution in [0.1, 0.15) is 25.7 Å². The SMILES string of the molecule is NC(=O)CCNC(=O)CNC(=O)CCCC(=O)O. The first-order valence-corrected chi connectivity index (χ1v) is 5.45. The highest BCUT2D eigenvalue weighted by atomic mass is 16.4. The van der Waals surface area contributed by atoms with E-state index in [2.05, 4.69) is 10.6 Å². The van der Waals surface area contributed by atoms with Gasteiger partial charge in [-0.05, 0) is 6.42 Å². The number of hydrogen-bond donors (Lipinski definition) is 4. The Bertz CT molecular complexity index is 297. The summed E-state index contributed by atoms with van der Waals surface area (Å²) in [6.45, 7) is -0.0757. The fraction of sp³-hybridized carbons (Fsp3) is 0.600. The predicted octanol–water partition coefficient (Wildman–Crippen LogP) is -1.65. The van der Waals surface area contributed by atoms with Gasteiger partial charge in [0.15, 0.2) is 0 Å². The molecule has 102 valence electrons. The molecule has 0 aliphatic carbocycles. The topological polar surface area (TPSA) is 139 Å². The molecule has 0 heterocycles. The van der Waals surface area contributed by atoms with Crippen LogP contribution in [0.2, 0.25) is 0 Å². The first kappa shape index (κ1) is 15.9. The second-order valence-electron chi connectivity index (χ2n) is 3.59. The van der Waals surface area contributed by atoms with Crippen molar-refractivity contribution in [2.75, 3.05) is 13.1 Å². The molecule has 5 N–H and O–H groups in total. The molecule has 0 aliphatic rings. The molecule has 18 heavy (non-hydrogen) atoms. The van der Waals surface area contributed by atoms with Gasteiger partial charge < -0.3 is 21.5 Å². The van der Waals surface area contributed by atoms with E-state index in [0.717, 1.165) is 0 Å². The molecule has 3 amide bonds. The molecular formula is C10H17N3O5. The van der Waals surface area contributed by atoms with E-state index >= 15 is 0 Å². The van der Waals surface area contributed by atoms with Crippen LogP contribution in [0.3, 0.4) is 0 Å². The van der Waals surface area contributed by atoms with E-state index in [1.54, 1.807) is 0 Å². The molecule has 0 saturated carbocycles. The number of carboxylic acid groups (broad SMARTS) is 1. The number of carboxylic acids is 1. The smallest absolute Gasteiger partial charge is 0.303 e. The van der Waals surface area contributed by atoms with Gasteiger partial charge in [0.05, 0.1) is 6.54 Å². The van der Waals surface area contributed by atoms with Crippen LogP contribution in [-0.2, 0) is 19.2 Å². The molecule has 0 atom stereocenters. The molecule has 0 aromatic heterocycles. The normalized spacial score (nSPS) is 9.56. The Morgan fingerprint density at radius 3 is 2.17 bits per heavy atom. The van der Waals surface area contributed by atoms with Crippen molar-refractivity contribution >= 4 is 23.7 Å². The Hall–Kier alpha value is -2.12. The minimum Gasteiger partial charge on any atom is -0.481 e. The van der Waals surface area contributed by atoms with Gasteiger partial charge in [-0.1, -0.05) is 0 Å². The Morgan fingerprint density at radius 1 is 0.944 bits per heavy atom. The third-order valence-electron chi connectivity index (χ3n) is 1.93. The molecule has 8 heteroatoms. The number of nitrogens with one attached hydrogen (secondary N) is 2. The van der Waals surface area contributed by atoms with Crippen LogP contribution in [0.15, 0.2) is 0 Å². The lowest BCUT2D eigenvalue weighted by atomic mass is 10.2. The number of primary amides is 1. The number of amides is 3. The molecule has 0 unspecified atom stereocenters. The summed E-state index contributed by atoms with van der Waals surface area (Å²) in [6.07, 6.45) is 0.238. The highest BCUT2D eigenvalue weighted by Gasteiger charge is 2.06. The average molecular weight is 259 g/mol. The molecule has 0 aliphatic heterocycles. The summed E-state index contributed by atoms with van der Waals surface area (Å²) in [6, 6.07) is 0. The summed E-state index contributed by atoms with van der Waals surface area (Å²) in [5.41, 5.74) is 4.87. The van der Waals surface area contributed by atoms with Crippen LogP contribution in [0.25, 0.3) is 0 Å². The maximum absolute atomic E-state index is 11.2. The monoisotopic (exact) mass is 259 g/mol. The van der Waals surface area contributed by atoms with Crippen LogP contribution in [0, 0.1) is 0 Å². The second-order valence-corrected chi connectivity index (χ2v) is 3.59. The molecule has 0 saturated heterocycles. The summed E-state index contributed by atoms with van der Waals surface area (Å²) in [4.78, 5) is 42.9. The number of hydrogen-bond acceptors (Lipinski definition) is 4. The average Bonchev–Trinajstić information content (AvgIpc) is 2.25. The number of rotatable bonds is 9. The minimum atomic E-state index is -0.966. The Labute approximate surface area is 104 Å². The van der Waals surface area contributed by atoms with Crippen LogP contribution in [0.4, 0.5) is 0 Å². The van der Waals surface area contributed by atoms with E-state index in [4.69, 9.17) is 10.8 Å². The van der Waals surface area contributed by atoms with Crippen LogP contribution < -0.4 is 16.4 Å². The summed E-state index contributed by atoms with van der Waals surface area (Å²) in [5, 5.41) is 13.1. The molecule has 0 aromatic rings. The molecule has 0 bridgehead atoms. The highest BCUT2D eigenvalue weighted by Crippen LogP contribution is 1.94. The number of aliphatic carboxylic acids is 1. The van der Waals surface area contributed by atoms with Crippen molar-refractivity contribution in [2.24, 2.45) is 5.73 Å². The molecule has 8 nitrogen and oxygen atoms in total. The Balaban J connectivity index is 3.56. The predicted molar refractivity (Wildman–Crippen MR) is 61.3 cm³/mol. The largest absolute Gasteiger partial charge is 0.481 e. The van der Waals surface area contributed by atoms with Gasteiger partial charge in [-0.3, -0.25) is 19.2 Å². The van der Waals surface area contributed by atoms with Crippen molar-refractivity contribution < 1.29 is 24.3 Å². The van der Waals surface area contributed by atoms with Crippen LogP contribution in [-0.4, -0.2) is 41.9 Å². The number of carbonyl (C=O) groups excluding carboxylic acids is 3. The van der Waals surface area contributed by atoms with Gasteiger partial charge in [0.1, 0.15) is 0 Å². The summed E-state index contributed by atoms with van der Waals surface area (Å²) < 4.78 is 0. The summed E-state index contributed by atoms with van der Waals surface area (Å²) >= 11 is 0. The minimum absolute atomic E-state index is 0.0400. The van der Waals surface area contributed by atoms with Gasteiger partial charge in [-0.25, -0.2) is 0 Å². The number of carbonyl (C=O) groups is 4. The zero-order chi connectivity index (χ0) is 14.0. The van der Waals surface area contributed by atoms with Gasteiger partial charge in [0.25, 0.3) is 0 Å². The van der Waals surface area contributed by atoms with E-state index in [-0.39, 0.29) is 44.7 Å². The molecule has 0 radical (unpaired) electrons. The van der Waals surface area contributed by atoms with Gasteiger partial charge in [0, 0.05) is 25.8 Å². The van der Waals surface area contributed by atoms with E-state index in [0.29, 0.717) is 0 Å². The highest BCUT2D eigenvalue weighted by molar-refractivity contribution is 5.85. The van der Waals surface area contributed by atoms with E-state index in [1.165, 1.54) is 0 Å². The van der Waals surface area contributed by atoms with Crippen molar-refractivity contribution in [1.29, 1.82) is 0 Å². The van der Waals surface area contributed by atoms with E-state index in [9.17, 15) is 19.2 Å². The van der Waals surface area contributed by atoms with Crippen molar-refractivity contribution in [3.63, 3.8) is 0 Å². The lowest BCUT2D eigenvalue weighted by molar-refractivity contribution is -0.137. The Morgan fingerprint density at radius 2 is 1.61 bits per heavy atom. The van der Waals surface area contributed by atoms with Crippen LogP contribution in [0.5, 0.6) is 0 Å². The van der Waals surface area contributed by atoms with Gasteiger partial charge >= 0.3 is 5.97 Å². The van der Waals surface area contributed by atoms with E-state index in [1.807, 2.05) is 0 Å². The van der Waals surface area contributed by atoms with Gasteiger partial charge in [-0.2, -0.15) is 0 Å². The quantitative estimate of drug-likeness (QED) is 0.393. The zero-order valence-electron chi connectivity index (χ0n) is 9.90. The molecule has 0 spiro atoms. The lowest BCUT2D eigenvalue weighted by Gasteiger charge is -2.05. The summed E-state index contributed by atoms with van der Waals surface area (Å²) in [7, 11) is 0. The number of nitrogens with two attached hydrogens (primary N) is 1. The van der Waals surface area contributed by atoms with Crippen LogP contribution >= 0.6 is 0 Å². The molecule has 0 rings (SSSR count). The zero-order valence-corrected chi connectivity index (χ0v) is 9.90. The van der Waals surface area contributed by atoms with Gasteiger partial charge in [-0.15, -0.1) is 0 Å². The standard InChI is InChI=1S/C10H17N3O5/c11-7(14)4-5-12-9(16)6-13-8(15)2-1-3-10(17)18/h1-6H2,(H2,11,14)(H,12,16)(H,13,15)(H,17,18). The second kappa shape index (κ2) is 8.97. The summed E-state index contributed by atoms with van der Waals surface area (Å²) in [5.74, 6) is -2.30. The third kappa shape index (κ3) is 10.4. The molecule has 0 aromatic carbocycles. The van der Waals surface area contributed by atoms with Crippen molar-refractivity contribution in [1.82, 2.24) is 10.6 Å². The van der Waals surface area contributed by atoms with Crippen molar-refractivity contribution in [2.45, 2.75) is 25.7 Å². The molecule has 0 fully saturated rings. The maximum Gasteiger partial charge on any atom is 0.303 e.